The first-order valence-electron chi connectivity index (χ1n) is 30.6. The van der Waals surface area contributed by atoms with Crippen LogP contribution in [0.3, 0.4) is 0 Å². The van der Waals surface area contributed by atoms with Gasteiger partial charge in [-0.1, -0.05) is 302 Å². The number of benzene rings is 6. The van der Waals surface area contributed by atoms with Crippen molar-refractivity contribution in [3.63, 3.8) is 0 Å². The van der Waals surface area contributed by atoms with E-state index in [0.717, 1.165) is 42.5 Å². The molecule has 440 valence electrons. The van der Waals surface area contributed by atoms with Gasteiger partial charge in [-0.3, -0.25) is 4.99 Å². The van der Waals surface area contributed by atoms with Crippen LogP contribution >= 0.6 is 0 Å². The van der Waals surface area contributed by atoms with Crippen LogP contribution < -0.4 is 26.5 Å². The second-order valence-corrected chi connectivity index (χ2v) is 32.6. The average Bonchev–Trinajstić information content (AvgIpc) is 3.52. The van der Waals surface area contributed by atoms with Crippen LogP contribution in [0.2, 0.25) is 10.1 Å². The Kier molecular flexibility index (Phi) is 29.7. The maximum absolute atomic E-state index is 10.6. The molecule has 0 saturated carbocycles. The Morgan fingerprint density at radius 3 is 1.09 bits per heavy atom. The quantitative estimate of drug-likeness (QED) is 0.0206. The highest BCUT2D eigenvalue weighted by atomic mass is 28.4. The zero-order valence-electron chi connectivity index (χ0n) is 50.8. The van der Waals surface area contributed by atoms with Crippen molar-refractivity contribution in [3.8, 4) is 0 Å². The maximum atomic E-state index is 10.6. The molecule has 10 heteroatoms. The van der Waals surface area contributed by atoms with Gasteiger partial charge in [0.2, 0.25) is 0 Å². The number of ether oxygens (including phenoxy) is 2. The molecule has 0 radical (unpaired) electrons. The highest BCUT2D eigenvalue weighted by molar-refractivity contribution is 7.00. The fraction of sp³-hybridized carbons (Fsp3) is 0.479. The number of hydrogen-bond acceptors (Lipinski definition) is 8. The summed E-state index contributed by atoms with van der Waals surface area (Å²) in [6.45, 7) is 20.9. The minimum absolute atomic E-state index is 0.0719. The summed E-state index contributed by atoms with van der Waals surface area (Å²) in [5, 5.41) is 25.6. The van der Waals surface area contributed by atoms with Crippen molar-refractivity contribution in [3.05, 3.63) is 193 Å². The van der Waals surface area contributed by atoms with E-state index in [0.29, 0.717) is 52.5 Å². The summed E-state index contributed by atoms with van der Waals surface area (Å²) in [4.78, 5) is 5.41. The molecule has 6 rings (SSSR count). The van der Waals surface area contributed by atoms with E-state index in [1.807, 2.05) is 12.1 Å². The summed E-state index contributed by atoms with van der Waals surface area (Å²) < 4.78 is 26.4. The standard InChI is InChI=1S/C42H55NO3Si.C29H47NO3Si/c1-5-6-7-8-17-26-38(44)31-32-45-33-37(43-41(35-22-13-9-14-23-35)36-24-15-10-16-25-36)34-46-47(42(2,3)4,39-27-18-11-19-28-39)40-29-20-12-21-30-40;1-5-6-7-8-11-16-26(31)21-22-32-23-25(30)24-33-34(29(2,3)4,27-17-12-9-13-18-27)28-19-14-10-15-20-28/h9-16,18-25,27-30,37-38,44H,5-8,17,26,31-34H2,1-4H3;9-10,12-15,17-20,25-26,31H,5-8,11,16,21-24,30H2,1-4H3/t37-,38-;25-,26-/m11/s1. The molecule has 4 atom stereocenters. The summed E-state index contributed by atoms with van der Waals surface area (Å²) in [6.07, 6.45) is 14.4. The number of aliphatic imine (C=N–C) groups is 1. The van der Waals surface area contributed by atoms with Gasteiger partial charge in [-0.25, -0.2) is 0 Å². The lowest BCUT2D eigenvalue weighted by atomic mass is 10.0. The molecule has 0 aliphatic rings. The van der Waals surface area contributed by atoms with Crippen molar-refractivity contribution in [2.45, 2.75) is 180 Å². The lowest BCUT2D eigenvalue weighted by molar-refractivity contribution is 0.0632. The maximum Gasteiger partial charge on any atom is 0.261 e. The van der Waals surface area contributed by atoms with Crippen LogP contribution in [0.25, 0.3) is 0 Å². The second kappa shape index (κ2) is 36.0. The summed E-state index contributed by atoms with van der Waals surface area (Å²) in [5.41, 5.74) is 9.49. The van der Waals surface area contributed by atoms with Crippen LogP contribution in [-0.4, -0.2) is 96.5 Å². The summed E-state index contributed by atoms with van der Waals surface area (Å²) >= 11 is 0. The number of aliphatic hydroxyl groups excluding tert-OH is 2. The first-order valence-corrected chi connectivity index (χ1v) is 34.4. The van der Waals surface area contributed by atoms with Crippen molar-refractivity contribution in [2.75, 3.05) is 39.6 Å². The van der Waals surface area contributed by atoms with Crippen molar-refractivity contribution < 1.29 is 28.5 Å². The van der Waals surface area contributed by atoms with Gasteiger partial charge < -0.3 is 34.3 Å². The van der Waals surface area contributed by atoms with E-state index in [-0.39, 0.29) is 34.4 Å². The molecule has 0 spiro atoms. The lowest BCUT2D eigenvalue weighted by Gasteiger charge is -2.43. The predicted octanol–water partition coefficient (Wildman–Crippen LogP) is 13.6. The minimum Gasteiger partial charge on any atom is -0.406 e. The Hall–Kier alpha value is -4.86. The Morgan fingerprint density at radius 2 is 0.741 bits per heavy atom. The number of hydrogen-bond donors (Lipinski definition) is 3. The smallest absolute Gasteiger partial charge is 0.261 e. The van der Waals surface area contributed by atoms with Crippen LogP contribution in [0.1, 0.15) is 156 Å². The molecule has 6 aromatic carbocycles. The van der Waals surface area contributed by atoms with Gasteiger partial charge >= 0.3 is 0 Å². The van der Waals surface area contributed by atoms with Crippen LogP contribution in [0.15, 0.2) is 187 Å². The van der Waals surface area contributed by atoms with E-state index in [4.69, 9.17) is 29.1 Å². The highest BCUT2D eigenvalue weighted by Gasteiger charge is 2.51. The van der Waals surface area contributed by atoms with Gasteiger partial charge in [0.25, 0.3) is 16.6 Å². The Bertz CT molecular complexity index is 2440. The van der Waals surface area contributed by atoms with Crippen molar-refractivity contribution in [1.82, 2.24) is 0 Å². The van der Waals surface area contributed by atoms with Gasteiger partial charge in [0, 0.05) is 24.3 Å². The summed E-state index contributed by atoms with van der Waals surface area (Å²) in [6, 6.07) is 63.0. The van der Waals surface area contributed by atoms with Gasteiger partial charge in [-0.2, -0.15) is 0 Å². The van der Waals surface area contributed by atoms with E-state index >= 15 is 0 Å². The third-order valence-electron chi connectivity index (χ3n) is 15.4. The highest BCUT2D eigenvalue weighted by Crippen LogP contribution is 2.38. The summed E-state index contributed by atoms with van der Waals surface area (Å²) in [7, 11) is -5.35. The van der Waals surface area contributed by atoms with Crippen molar-refractivity contribution >= 4 is 43.1 Å². The molecule has 0 heterocycles. The molecule has 0 aliphatic heterocycles. The van der Waals surface area contributed by atoms with E-state index in [9.17, 15) is 10.2 Å². The SMILES string of the molecule is CCCCCCC[C@@H](O)CCOC[C@@H](N)CO[Si](c1ccccc1)(c1ccccc1)C(C)(C)C.CCCCCCC[C@@H](O)CCOC[C@H](CO[Si](c1ccccc1)(c1ccccc1)C(C)(C)C)N=C(c1ccccc1)c1ccccc1. The minimum atomic E-state index is -2.78. The molecule has 0 bridgehead atoms. The number of rotatable bonds is 35. The van der Waals surface area contributed by atoms with Crippen molar-refractivity contribution in [2.24, 2.45) is 10.7 Å². The van der Waals surface area contributed by atoms with Gasteiger partial charge in [0.1, 0.15) is 0 Å². The molecule has 0 fully saturated rings. The molecule has 0 aliphatic carbocycles. The first-order chi connectivity index (χ1) is 39.2. The molecule has 0 unspecified atom stereocenters. The fourth-order valence-electron chi connectivity index (χ4n) is 11.0. The zero-order chi connectivity index (χ0) is 58.2. The van der Waals surface area contributed by atoms with Crippen LogP contribution in [-0.2, 0) is 18.3 Å². The summed E-state index contributed by atoms with van der Waals surface area (Å²) in [5.74, 6) is 0. The number of aliphatic hydroxyl groups is 2. The monoisotopic (exact) mass is 1130 g/mol. The largest absolute Gasteiger partial charge is 0.406 e. The topological polar surface area (TPSA) is 116 Å². The van der Waals surface area contributed by atoms with Gasteiger partial charge in [0.05, 0.1) is 56.4 Å². The lowest BCUT2D eigenvalue weighted by Crippen LogP contribution is -2.67. The number of unbranched alkanes of at least 4 members (excludes halogenated alkanes) is 8. The van der Waals surface area contributed by atoms with Crippen LogP contribution in [0.4, 0.5) is 0 Å². The van der Waals surface area contributed by atoms with Gasteiger partial charge in [-0.05, 0) is 56.5 Å². The Labute approximate surface area is 492 Å². The molecule has 0 amide bonds. The third-order valence-corrected chi connectivity index (χ3v) is 25.4. The molecular weight excluding hydrogens is 1030 g/mol. The molecule has 8 nitrogen and oxygen atoms in total. The van der Waals surface area contributed by atoms with E-state index in [1.165, 1.54) is 72.1 Å². The van der Waals surface area contributed by atoms with Gasteiger partial charge in [0.15, 0.2) is 0 Å². The van der Waals surface area contributed by atoms with Crippen LogP contribution in [0.5, 0.6) is 0 Å². The van der Waals surface area contributed by atoms with Crippen molar-refractivity contribution in [1.29, 1.82) is 0 Å². The molecular formula is C71H102N2O6Si2. The van der Waals surface area contributed by atoms with Crippen LogP contribution in [0, 0.1) is 0 Å². The van der Waals surface area contributed by atoms with E-state index < -0.39 is 16.6 Å². The predicted molar refractivity (Wildman–Crippen MR) is 347 cm³/mol. The Balaban J connectivity index is 0.000000314. The third kappa shape index (κ3) is 21.4. The van der Waals surface area contributed by atoms with E-state index in [1.54, 1.807) is 0 Å². The fourth-order valence-corrected chi connectivity index (χ4v) is 20.2. The zero-order valence-corrected chi connectivity index (χ0v) is 52.8. The molecule has 0 aromatic heterocycles. The molecule has 4 N–H and O–H groups in total. The number of nitrogens with zero attached hydrogens (tertiary/aromatic N) is 1. The van der Waals surface area contributed by atoms with E-state index in [2.05, 4.69) is 225 Å². The Morgan fingerprint density at radius 1 is 0.420 bits per heavy atom. The molecule has 81 heavy (non-hydrogen) atoms. The normalized spacial score (nSPS) is 13.6. The average molecular weight is 1140 g/mol. The second-order valence-electron chi connectivity index (χ2n) is 24.0. The molecule has 0 saturated heterocycles. The molecule has 6 aromatic rings. The first kappa shape index (κ1) is 66.9. The van der Waals surface area contributed by atoms with Gasteiger partial charge in [-0.15, -0.1) is 0 Å². The number of nitrogens with two attached hydrogens (primary N) is 1.